The SMILES string of the molecule is CCOC1CCC(C(=O)CN2CCC(C)CC2)CC1N([O-])O. The molecule has 1 N–H and O–H groups in total. The molecule has 1 heterocycles. The first-order chi connectivity index (χ1) is 10.5. The molecule has 0 aromatic heterocycles. The molecule has 22 heavy (non-hydrogen) atoms. The molecule has 1 saturated carbocycles. The van der Waals surface area contributed by atoms with E-state index >= 15 is 0 Å². The number of likely N-dealkylation sites (tertiary alicyclic amines) is 1. The summed E-state index contributed by atoms with van der Waals surface area (Å²) < 4.78 is 5.52. The molecule has 3 unspecified atom stereocenters. The zero-order valence-corrected chi connectivity index (χ0v) is 13.7. The molecule has 0 spiro atoms. The van der Waals surface area contributed by atoms with Gasteiger partial charge in [0.05, 0.1) is 12.6 Å². The number of hydroxylamine groups is 2. The highest BCUT2D eigenvalue weighted by Gasteiger charge is 2.35. The van der Waals surface area contributed by atoms with Gasteiger partial charge in [-0.15, -0.1) is 0 Å². The van der Waals surface area contributed by atoms with Gasteiger partial charge in [0.25, 0.3) is 0 Å². The first-order valence-electron chi connectivity index (χ1n) is 8.53. The molecule has 2 fully saturated rings. The minimum atomic E-state index is -0.621. The number of nitrogens with zero attached hydrogens (tertiary/aromatic N) is 2. The van der Waals surface area contributed by atoms with Gasteiger partial charge in [-0.25, -0.2) is 0 Å². The van der Waals surface area contributed by atoms with Crippen molar-refractivity contribution in [2.75, 3.05) is 26.2 Å². The van der Waals surface area contributed by atoms with Gasteiger partial charge in [0.15, 0.2) is 0 Å². The summed E-state index contributed by atoms with van der Waals surface area (Å²) in [5.41, 5.74) is 0. The molecule has 0 aromatic rings. The molecule has 1 aliphatic heterocycles. The van der Waals surface area contributed by atoms with E-state index in [0.717, 1.165) is 38.3 Å². The third-order valence-corrected chi connectivity index (χ3v) is 5.13. The van der Waals surface area contributed by atoms with E-state index in [2.05, 4.69) is 11.8 Å². The molecule has 0 bridgehead atoms. The normalized spacial score (nSPS) is 31.6. The number of hydrogen-bond donors (Lipinski definition) is 1. The van der Waals surface area contributed by atoms with Crippen LogP contribution in [0.4, 0.5) is 0 Å². The number of rotatable bonds is 6. The van der Waals surface area contributed by atoms with Gasteiger partial charge in [-0.3, -0.25) is 14.9 Å². The fourth-order valence-electron chi connectivity index (χ4n) is 3.62. The smallest absolute Gasteiger partial charge is 0.149 e. The second kappa shape index (κ2) is 8.36. The molecule has 3 atom stereocenters. The molecule has 2 aliphatic rings. The quantitative estimate of drug-likeness (QED) is 0.756. The van der Waals surface area contributed by atoms with Crippen LogP contribution in [0, 0.1) is 17.0 Å². The Morgan fingerprint density at radius 2 is 2.00 bits per heavy atom. The second-order valence-corrected chi connectivity index (χ2v) is 6.80. The Labute approximate surface area is 132 Å². The molecule has 6 heteroatoms. The minimum Gasteiger partial charge on any atom is -0.762 e. The Bertz CT molecular complexity index is 356. The van der Waals surface area contributed by atoms with Gasteiger partial charge in [-0.2, -0.15) is 0 Å². The van der Waals surface area contributed by atoms with E-state index < -0.39 is 6.04 Å². The van der Waals surface area contributed by atoms with Crippen LogP contribution in [0.1, 0.15) is 46.0 Å². The lowest BCUT2D eigenvalue weighted by molar-refractivity contribution is -0.152. The number of ether oxygens (including phenoxy) is 1. The summed E-state index contributed by atoms with van der Waals surface area (Å²) in [6.07, 6.45) is 3.83. The molecule has 0 amide bonds. The summed E-state index contributed by atoms with van der Waals surface area (Å²) in [5, 5.41) is 20.6. The Hall–Kier alpha value is -0.530. The number of carbonyl (C=O) groups is 1. The molecule has 1 saturated heterocycles. The van der Waals surface area contributed by atoms with Gasteiger partial charge in [0.1, 0.15) is 5.78 Å². The summed E-state index contributed by atoms with van der Waals surface area (Å²) in [4.78, 5) is 14.7. The standard InChI is InChI=1S/C16H29N2O4/c1-3-22-16-5-4-13(10-14(16)18(20)21)15(19)11-17-8-6-12(2)7-9-17/h12-14,16,20H,3-11H2,1-2H3/q-1. The third kappa shape index (κ3) is 4.73. The van der Waals surface area contributed by atoms with Crippen molar-refractivity contribution in [2.24, 2.45) is 11.8 Å². The summed E-state index contributed by atoms with van der Waals surface area (Å²) in [6, 6.07) is -0.621. The summed E-state index contributed by atoms with van der Waals surface area (Å²) >= 11 is 0. The maximum absolute atomic E-state index is 12.5. The van der Waals surface area contributed by atoms with Crippen LogP contribution >= 0.6 is 0 Å². The van der Waals surface area contributed by atoms with Gasteiger partial charge in [0.2, 0.25) is 0 Å². The van der Waals surface area contributed by atoms with Crippen LogP contribution < -0.4 is 0 Å². The lowest BCUT2D eigenvalue weighted by Gasteiger charge is -2.42. The zero-order chi connectivity index (χ0) is 16.1. The summed E-state index contributed by atoms with van der Waals surface area (Å²) in [5.74, 6) is 0.821. The highest BCUT2D eigenvalue weighted by Crippen LogP contribution is 2.30. The molecule has 6 nitrogen and oxygen atoms in total. The summed E-state index contributed by atoms with van der Waals surface area (Å²) in [6.45, 7) is 7.09. The van der Waals surface area contributed by atoms with Crippen molar-refractivity contribution in [3.05, 3.63) is 5.21 Å². The van der Waals surface area contributed by atoms with Crippen molar-refractivity contribution in [3.63, 3.8) is 0 Å². The average Bonchev–Trinajstić information content (AvgIpc) is 2.50. The van der Waals surface area contributed by atoms with Gasteiger partial charge in [0, 0.05) is 18.6 Å². The van der Waals surface area contributed by atoms with Crippen LogP contribution in [0.5, 0.6) is 0 Å². The average molecular weight is 313 g/mol. The van der Waals surface area contributed by atoms with Gasteiger partial charge in [-0.05, 0) is 58.0 Å². The van der Waals surface area contributed by atoms with E-state index in [4.69, 9.17) is 4.74 Å². The number of ketones is 1. The van der Waals surface area contributed by atoms with Crippen LogP contribution in [0.25, 0.3) is 0 Å². The van der Waals surface area contributed by atoms with Crippen molar-refractivity contribution in [3.8, 4) is 0 Å². The van der Waals surface area contributed by atoms with Gasteiger partial charge < -0.3 is 15.2 Å². The molecule has 128 valence electrons. The van der Waals surface area contributed by atoms with Gasteiger partial charge in [-0.1, -0.05) is 6.92 Å². The van der Waals surface area contributed by atoms with Crippen LogP contribution in [-0.2, 0) is 9.53 Å². The maximum Gasteiger partial charge on any atom is 0.149 e. The number of piperidine rings is 1. The number of Topliss-reactive ketones (excluding diaryl/α,β-unsaturated/α-hetero) is 1. The lowest BCUT2D eigenvalue weighted by Crippen LogP contribution is -2.47. The monoisotopic (exact) mass is 313 g/mol. The fraction of sp³-hybridized carbons (Fsp3) is 0.938. The predicted octanol–water partition coefficient (Wildman–Crippen LogP) is 2.05. The first-order valence-corrected chi connectivity index (χ1v) is 8.53. The first kappa shape index (κ1) is 17.8. The van der Waals surface area contributed by atoms with Crippen molar-refractivity contribution in [2.45, 2.75) is 58.1 Å². The number of hydrogen-bond acceptors (Lipinski definition) is 6. The minimum absolute atomic E-state index is 0.0116. The highest BCUT2D eigenvalue weighted by molar-refractivity contribution is 5.83. The van der Waals surface area contributed by atoms with Crippen LogP contribution in [0.3, 0.4) is 0 Å². The topological polar surface area (TPSA) is 76.1 Å². The van der Waals surface area contributed by atoms with E-state index in [1.165, 1.54) is 0 Å². The predicted molar refractivity (Wildman–Crippen MR) is 83.4 cm³/mol. The Balaban J connectivity index is 1.85. The van der Waals surface area contributed by atoms with E-state index in [0.29, 0.717) is 26.0 Å². The van der Waals surface area contributed by atoms with Crippen molar-refractivity contribution in [1.29, 1.82) is 0 Å². The Morgan fingerprint density at radius 3 is 2.59 bits per heavy atom. The second-order valence-electron chi connectivity index (χ2n) is 6.80. The Morgan fingerprint density at radius 1 is 1.32 bits per heavy atom. The third-order valence-electron chi connectivity index (χ3n) is 5.13. The molecular weight excluding hydrogens is 284 g/mol. The highest BCUT2D eigenvalue weighted by atomic mass is 16.8. The molecule has 2 rings (SSSR count). The van der Waals surface area contributed by atoms with Crippen molar-refractivity contribution >= 4 is 5.78 Å². The van der Waals surface area contributed by atoms with Crippen LogP contribution in [0.15, 0.2) is 0 Å². The van der Waals surface area contributed by atoms with Crippen molar-refractivity contribution in [1.82, 2.24) is 10.1 Å². The lowest BCUT2D eigenvalue weighted by atomic mass is 9.81. The summed E-state index contributed by atoms with van der Waals surface area (Å²) in [7, 11) is 0. The maximum atomic E-state index is 12.5. The molecule has 0 radical (unpaired) electrons. The van der Waals surface area contributed by atoms with Crippen LogP contribution in [0.2, 0.25) is 0 Å². The Kier molecular flexibility index (Phi) is 6.77. The van der Waals surface area contributed by atoms with Crippen molar-refractivity contribution < 1.29 is 14.7 Å². The van der Waals surface area contributed by atoms with Crippen LogP contribution in [-0.4, -0.2) is 59.5 Å². The molecular formula is C16H29N2O4-. The largest absolute Gasteiger partial charge is 0.762 e. The molecule has 1 aliphatic carbocycles. The van der Waals surface area contributed by atoms with E-state index in [-0.39, 0.29) is 23.0 Å². The van der Waals surface area contributed by atoms with E-state index in [1.807, 2.05) is 6.92 Å². The fourth-order valence-corrected chi connectivity index (χ4v) is 3.62. The number of carbonyl (C=O) groups excluding carboxylic acids is 1. The zero-order valence-electron chi connectivity index (χ0n) is 13.7. The van der Waals surface area contributed by atoms with E-state index in [9.17, 15) is 15.2 Å². The van der Waals surface area contributed by atoms with Gasteiger partial charge >= 0.3 is 0 Å². The molecule has 0 aromatic carbocycles. The van der Waals surface area contributed by atoms with E-state index in [1.54, 1.807) is 0 Å².